The molecule has 2 aromatic heterocycles. The first kappa shape index (κ1) is 15.7. The topological polar surface area (TPSA) is 88.9 Å². The number of imidazole rings is 1. The lowest BCUT2D eigenvalue weighted by atomic mass is 10.4. The second kappa shape index (κ2) is 6.88. The highest BCUT2D eigenvalue weighted by atomic mass is 35.5. The lowest BCUT2D eigenvalue weighted by molar-refractivity contribution is 0.569. The maximum atomic E-state index is 12.1. The smallest absolute Gasteiger partial charge is 0.242 e. The molecule has 0 bridgehead atoms. The summed E-state index contributed by atoms with van der Waals surface area (Å²) in [5.41, 5.74) is 0. The molecule has 0 unspecified atom stereocenters. The highest BCUT2D eigenvalue weighted by Crippen LogP contribution is 2.21. The number of halogens is 1. The largest absolute Gasteiger partial charge is 0.372 e. The molecule has 0 saturated heterocycles. The van der Waals surface area contributed by atoms with Gasteiger partial charge in [0.1, 0.15) is 10.7 Å². The number of nitrogens with one attached hydrogen (secondary N) is 2. The van der Waals surface area contributed by atoms with Crippen LogP contribution in [0.4, 0.5) is 5.82 Å². The van der Waals surface area contributed by atoms with Crippen molar-refractivity contribution in [2.45, 2.75) is 17.9 Å². The molecule has 0 saturated carbocycles. The summed E-state index contributed by atoms with van der Waals surface area (Å²) in [6.45, 7) is 1.02. The lowest BCUT2D eigenvalue weighted by Crippen LogP contribution is -2.25. The lowest BCUT2D eigenvalue weighted by Gasteiger charge is -2.08. The van der Waals surface area contributed by atoms with E-state index in [0.717, 1.165) is 0 Å². The van der Waals surface area contributed by atoms with E-state index in [9.17, 15) is 8.42 Å². The maximum Gasteiger partial charge on any atom is 0.242 e. The summed E-state index contributed by atoms with van der Waals surface area (Å²) in [5, 5.41) is 3.04. The molecule has 2 aromatic rings. The first-order valence-corrected chi connectivity index (χ1v) is 8.18. The molecule has 0 fully saturated rings. The summed E-state index contributed by atoms with van der Waals surface area (Å²) in [6, 6.07) is 1.37. The van der Waals surface area contributed by atoms with E-state index in [1.165, 1.54) is 12.3 Å². The van der Waals surface area contributed by atoms with Crippen molar-refractivity contribution in [2.75, 3.05) is 18.9 Å². The number of pyridine rings is 1. The van der Waals surface area contributed by atoms with Gasteiger partial charge in [0.15, 0.2) is 0 Å². The van der Waals surface area contributed by atoms with Crippen molar-refractivity contribution in [1.29, 1.82) is 0 Å². The van der Waals surface area contributed by atoms with Crippen LogP contribution in [0.25, 0.3) is 0 Å². The Bertz CT molecular complexity index is 688. The fourth-order valence-electron chi connectivity index (χ4n) is 1.72. The van der Waals surface area contributed by atoms with Crippen molar-refractivity contribution in [2.24, 2.45) is 0 Å². The van der Waals surface area contributed by atoms with Crippen molar-refractivity contribution >= 4 is 27.4 Å². The molecule has 0 radical (unpaired) electrons. The number of aryl methyl sites for hydroxylation is 1. The molecule has 0 atom stereocenters. The number of nitrogens with zero attached hydrogens (tertiary/aromatic N) is 3. The van der Waals surface area contributed by atoms with Gasteiger partial charge in [0.25, 0.3) is 0 Å². The molecule has 9 heteroatoms. The zero-order valence-electron chi connectivity index (χ0n) is 11.5. The molecule has 0 amide bonds. The van der Waals surface area contributed by atoms with E-state index in [2.05, 4.69) is 20.0 Å². The molecule has 0 aromatic carbocycles. The van der Waals surface area contributed by atoms with Gasteiger partial charge in [0, 0.05) is 38.7 Å². The Morgan fingerprint density at radius 3 is 2.86 bits per heavy atom. The SMILES string of the molecule is CNc1ncc(S(=O)(=O)NCCCn2ccnc2)cc1Cl. The first-order valence-electron chi connectivity index (χ1n) is 6.31. The van der Waals surface area contributed by atoms with Crippen molar-refractivity contribution in [3.05, 3.63) is 36.0 Å². The summed E-state index contributed by atoms with van der Waals surface area (Å²) < 4.78 is 28.6. The van der Waals surface area contributed by atoms with Gasteiger partial charge in [0.2, 0.25) is 10.0 Å². The Morgan fingerprint density at radius 2 is 2.24 bits per heavy atom. The Morgan fingerprint density at radius 1 is 1.43 bits per heavy atom. The number of hydrogen-bond acceptors (Lipinski definition) is 5. The van der Waals surface area contributed by atoms with Gasteiger partial charge in [-0.15, -0.1) is 0 Å². The summed E-state index contributed by atoms with van der Waals surface area (Å²) in [6.07, 6.45) is 7.13. The minimum atomic E-state index is -3.60. The molecule has 0 spiro atoms. The molecule has 0 aliphatic rings. The molecule has 0 aliphatic heterocycles. The Hall–Kier alpha value is -1.64. The Balaban J connectivity index is 1.93. The van der Waals surface area contributed by atoms with Crippen molar-refractivity contribution in [3.63, 3.8) is 0 Å². The summed E-state index contributed by atoms with van der Waals surface area (Å²) in [5.74, 6) is 0.440. The average molecular weight is 330 g/mol. The zero-order chi connectivity index (χ0) is 15.3. The predicted octanol–water partition coefficient (Wildman–Crippen LogP) is 1.34. The van der Waals surface area contributed by atoms with Crippen LogP contribution in [0.1, 0.15) is 6.42 Å². The average Bonchev–Trinajstić information content (AvgIpc) is 2.97. The minimum absolute atomic E-state index is 0.0501. The van der Waals surface area contributed by atoms with Crippen molar-refractivity contribution in [3.8, 4) is 0 Å². The molecule has 21 heavy (non-hydrogen) atoms. The van der Waals surface area contributed by atoms with Crippen molar-refractivity contribution < 1.29 is 8.42 Å². The molecular formula is C12H16ClN5O2S. The molecule has 2 N–H and O–H groups in total. The monoisotopic (exact) mass is 329 g/mol. The molecule has 0 aliphatic carbocycles. The third kappa shape index (κ3) is 4.16. The number of anilines is 1. The van der Waals surface area contributed by atoms with Crippen LogP contribution >= 0.6 is 11.6 Å². The predicted molar refractivity (Wildman–Crippen MR) is 80.8 cm³/mol. The molecule has 114 valence electrons. The summed E-state index contributed by atoms with van der Waals surface area (Å²) in [7, 11) is -1.93. The second-order valence-corrected chi connectivity index (χ2v) is 6.48. The minimum Gasteiger partial charge on any atom is -0.372 e. The number of aromatic nitrogens is 3. The highest BCUT2D eigenvalue weighted by Gasteiger charge is 2.15. The van der Waals surface area contributed by atoms with Gasteiger partial charge in [-0.3, -0.25) is 0 Å². The Kier molecular flexibility index (Phi) is 5.16. The molecule has 7 nitrogen and oxygen atoms in total. The standard InChI is InChI=1S/C12H16ClN5O2S/c1-14-12-11(13)7-10(8-16-12)21(19,20)17-3-2-5-18-6-4-15-9-18/h4,6-9,17H,2-3,5H2,1H3,(H,14,16). The van der Waals surface area contributed by atoms with E-state index >= 15 is 0 Å². The van der Waals surface area contributed by atoms with E-state index in [-0.39, 0.29) is 9.92 Å². The van der Waals surface area contributed by atoms with E-state index in [1.807, 2.05) is 10.8 Å². The van der Waals surface area contributed by atoms with E-state index < -0.39 is 10.0 Å². The zero-order valence-corrected chi connectivity index (χ0v) is 13.0. The number of rotatable bonds is 7. The van der Waals surface area contributed by atoms with Crippen LogP contribution in [0, 0.1) is 0 Å². The van der Waals surface area contributed by atoms with E-state index in [4.69, 9.17) is 11.6 Å². The summed E-state index contributed by atoms with van der Waals surface area (Å²) >= 11 is 5.94. The van der Waals surface area contributed by atoms with E-state index in [1.54, 1.807) is 19.6 Å². The number of sulfonamides is 1. The first-order chi connectivity index (χ1) is 10.0. The normalized spacial score (nSPS) is 11.5. The third-order valence-corrected chi connectivity index (χ3v) is 4.52. The van der Waals surface area contributed by atoms with Crippen LogP contribution in [0.5, 0.6) is 0 Å². The van der Waals surface area contributed by atoms with E-state index in [0.29, 0.717) is 25.3 Å². The van der Waals surface area contributed by atoms with Gasteiger partial charge < -0.3 is 9.88 Å². The highest BCUT2D eigenvalue weighted by molar-refractivity contribution is 7.89. The van der Waals surface area contributed by atoms with Crippen LogP contribution in [-0.2, 0) is 16.6 Å². The van der Waals surface area contributed by atoms with Gasteiger partial charge >= 0.3 is 0 Å². The number of hydrogen-bond donors (Lipinski definition) is 2. The summed E-state index contributed by atoms with van der Waals surface area (Å²) in [4.78, 5) is 7.93. The van der Waals surface area contributed by atoms with Crippen LogP contribution in [-0.4, -0.2) is 36.5 Å². The molecule has 2 rings (SSSR count). The van der Waals surface area contributed by atoms with Gasteiger partial charge in [-0.25, -0.2) is 23.1 Å². The molecular weight excluding hydrogens is 314 g/mol. The van der Waals surface area contributed by atoms with Crippen molar-refractivity contribution in [1.82, 2.24) is 19.3 Å². The fraction of sp³-hybridized carbons (Fsp3) is 0.333. The van der Waals surface area contributed by atoms with Crippen LogP contribution < -0.4 is 10.0 Å². The van der Waals surface area contributed by atoms with Gasteiger partial charge in [-0.2, -0.15) is 0 Å². The Labute approximate surface area is 128 Å². The fourth-order valence-corrected chi connectivity index (χ4v) is 3.09. The van der Waals surface area contributed by atoms with Crippen LogP contribution in [0.15, 0.2) is 35.9 Å². The van der Waals surface area contributed by atoms with Crippen LogP contribution in [0.3, 0.4) is 0 Å². The van der Waals surface area contributed by atoms with Gasteiger partial charge in [-0.05, 0) is 12.5 Å². The maximum absolute atomic E-state index is 12.1. The van der Waals surface area contributed by atoms with Gasteiger partial charge in [-0.1, -0.05) is 11.6 Å². The molecule has 2 heterocycles. The quantitative estimate of drug-likeness (QED) is 0.748. The second-order valence-electron chi connectivity index (χ2n) is 4.30. The van der Waals surface area contributed by atoms with Gasteiger partial charge in [0.05, 0.1) is 11.3 Å². The third-order valence-electron chi connectivity index (χ3n) is 2.81. The van der Waals surface area contributed by atoms with Crippen LogP contribution in [0.2, 0.25) is 5.02 Å².